The maximum Gasteiger partial charge on any atom is 0.228 e. The summed E-state index contributed by atoms with van der Waals surface area (Å²) in [5, 5.41) is 3.71. The van der Waals surface area contributed by atoms with Crippen LogP contribution in [-0.4, -0.2) is 43.5 Å². The second-order valence-electron chi connectivity index (χ2n) is 7.12. The Kier molecular flexibility index (Phi) is 4.57. The van der Waals surface area contributed by atoms with Crippen LogP contribution in [0.3, 0.4) is 0 Å². The molecule has 1 aromatic carbocycles. The van der Waals surface area contributed by atoms with E-state index in [1.54, 1.807) is 0 Å². The van der Waals surface area contributed by atoms with Crippen molar-refractivity contribution in [2.45, 2.75) is 56.4 Å². The molecule has 0 bridgehead atoms. The number of anilines is 1. The van der Waals surface area contributed by atoms with E-state index in [2.05, 4.69) is 5.32 Å². The van der Waals surface area contributed by atoms with Gasteiger partial charge in [0.05, 0.1) is 13.2 Å². The largest absolute Gasteiger partial charge is 0.348 e. The molecule has 3 fully saturated rings. The van der Waals surface area contributed by atoms with Crippen molar-refractivity contribution < 1.29 is 14.3 Å². The van der Waals surface area contributed by atoms with Crippen molar-refractivity contribution in [1.82, 2.24) is 5.32 Å². The van der Waals surface area contributed by atoms with Crippen LogP contribution in [0.4, 0.5) is 5.69 Å². The van der Waals surface area contributed by atoms with E-state index >= 15 is 0 Å². The van der Waals surface area contributed by atoms with Crippen LogP contribution in [0.5, 0.6) is 0 Å². The number of rotatable bonds is 3. The van der Waals surface area contributed by atoms with Crippen molar-refractivity contribution in [2.75, 3.05) is 24.7 Å². The number of nitrogens with zero attached hydrogens (tertiary/aromatic N) is 1. The molecule has 1 N–H and O–H groups in total. The predicted octanol–water partition coefficient (Wildman–Crippen LogP) is 2.46. The van der Waals surface area contributed by atoms with Gasteiger partial charge in [0.1, 0.15) is 0 Å². The van der Waals surface area contributed by atoms with Gasteiger partial charge in [-0.1, -0.05) is 18.2 Å². The normalized spacial score (nSPS) is 27.8. The minimum absolute atomic E-state index is 0.222. The average Bonchev–Trinajstić information content (AvgIpc) is 3.06. The summed E-state index contributed by atoms with van der Waals surface area (Å²) in [4.78, 5) is 14.4. The zero-order valence-electron chi connectivity index (χ0n) is 14.1. The van der Waals surface area contributed by atoms with Gasteiger partial charge < -0.3 is 19.7 Å². The molecule has 2 aliphatic heterocycles. The molecule has 0 aromatic heterocycles. The third kappa shape index (κ3) is 3.34. The van der Waals surface area contributed by atoms with E-state index in [-0.39, 0.29) is 11.7 Å². The van der Waals surface area contributed by atoms with Gasteiger partial charge in [0, 0.05) is 43.6 Å². The second kappa shape index (κ2) is 6.82. The molecule has 1 atom stereocenters. The van der Waals surface area contributed by atoms with Crippen molar-refractivity contribution in [1.29, 1.82) is 0 Å². The van der Waals surface area contributed by atoms with Crippen molar-refractivity contribution >= 4 is 11.6 Å². The van der Waals surface area contributed by atoms with Gasteiger partial charge in [-0.3, -0.25) is 4.79 Å². The average molecular weight is 330 g/mol. The van der Waals surface area contributed by atoms with Gasteiger partial charge in [-0.05, 0) is 31.4 Å². The molecule has 5 nitrogen and oxygen atoms in total. The quantitative estimate of drug-likeness (QED) is 0.925. The summed E-state index contributed by atoms with van der Waals surface area (Å²) < 4.78 is 11.6. The number of nitrogens with one attached hydrogen (secondary N) is 1. The van der Waals surface area contributed by atoms with E-state index in [0.717, 1.165) is 57.6 Å². The number of para-hydroxylation sites is 1. The standard InChI is InChI=1S/C19H26N2O3/c22-18-14-16(8-11-21(18)17-4-2-1-3-5-17)20-15-6-9-19(10-7-15)23-12-13-24-19/h1-5,15-16,20H,6-14H2/t16-/m0/s1. The SMILES string of the molecule is O=C1C[C@@H](NC2CCC3(CC2)OCCO3)CCN1c1ccccc1. The Morgan fingerprint density at radius 1 is 1.00 bits per heavy atom. The van der Waals surface area contributed by atoms with E-state index in [9.17, 15) is 4.79 Å². The van der Waals surface area contributed by atoms with Crippen LogP contribution in [-0.2, 0) is 14.3 Å². The molecule has 1 saturated carbocycles. The van der Waals surface area contributed by atoms with E-state index in [0.29, 0.717) is 18.5 Å². The Balaban J connectivity index is 1.28. The van der Waals surface area contributed by atoms with Crippen LogP contribution in [0, 0.1) is 0 Å². The van der Waals surface area contributed by atoms with Gasteiger partial charge >= 0.3 is 0 Å². The number of benzene rings is 1. The summed E-state index contributed by atoms with van der Waals surface area (Å²) in [6.45, 7) is 2.25. The molecule has 2 heterocycles. The molecule has 1 aliphatic carbocycles. The molecule has 2 saturated heterocycles. The van der Waals surface area contributed by atoms with Gasteiger partial charge in [-0.15, -0.1) is 0 Å². The number of piperidine rings is 1. The van der Waals surface area contributed by atoms with Crippen molar-refractivity contribution in [3.05, 3.63) is 30.3 Å². The highest BCUT2D eigenvalue weighted by atomic mass is 16.7. The molecular formula is C19H26N2O3. The zero-order chi connectivity index (χ0) is 16.4. The highest BCUT2D eigenvalue weighted by Gasteiger charge is 2.41. The lowest BCUT2D eigenvalue weighted by atomic mass is 9.89. The van der Waals surface area contributed by atoms with Gasteiger partial charge in [0.15, 0.2) is 5.79 Å². The predicted molar refractivity (Wildman–Crippen MR) is 91.8 cm³/mol. The Labute approximate surface area is 143 Å². The number of amides is 1. The number of ether oxygens (including phenoxy) is 2. The lowest BCUT2D eigenvalue weighted by molar-refractivity contribution is -0.179. The van der Waals surface area contributed by atoms with Gasteiger partial charge in [-0.25, -0.2) is 0 Å². The summed E-state index contributed by atoms with van der Waals surface area (Å²) in [5.41, 5.74) is 1.01. The number of carbonyl (C=O) groups is 1. The summed E-state index contributed by atoms with van der Waals surface area (Å²) in [6.07, 6.45) is 5.64. The van der Waals surface area contributed by atoms with Crippen LogP contribution < -0.4 is 10.2 Å². The van der Waals surface area contributed by atoms with E-state index in [1.807, 2.05) is 35.2 Å². The summed E-state index contributed by atoms with van der Waals surface area (Å²) in [6, 6.07) is 10.7. The van der Waals surface area contributed by atoms with Crippen LogP contribution in [0.1, 0.15) is 38.5 Å². The molecule has 3 aliphatic rings. The Bertz CT molecular complexity index is 561. The fourth-order valence-electron chi connectivity index (χ4n) is 4.20. The molecule has 0 unspecified atom stereocenters. The minimum Gasteiger partial charge on any atom is -0.348 e. The first-order chi connectivity index (χ1) is 11.7. The molecule has 1 amide bonds. The molecule has 4 rings (SSSR count). The third-order valence-corrected chi connectivity index (χ3v) is 5.52. The smallest absolute Gasteiger partial charge is 0.228 e. The maximum absolute atomic E-state index is 12.5. The van der Waals surface area contributed by atoms with Crippen molar-refractivity contribution in [3.63, 3.8) is 0 Å². The van der Waals surface area contributed by atoms with Gasteiger partial charge in [0.25, 0.3) is 0 Å². The van der Waals surface area contributed by atoms with Crippen LogP contribution >= 0.6 is 0 Å². The lowest BCUT2D eigenvalue weighted by Gasteiger charge is -2.39. The molecule has 130 valence electrons. The summed E-state index contributed by atoms with van der Waals surface area (Å²) in [5.74, 6) is -0.0790. The van der Waals surface area contributed by atoms with Crippen LogP contribution in [0.2, 0.25) is 0 Å². The first-order valence-electron chi connectivity index (χ1n) is 9.13. The fraction of sp³-hybridized carbons (Fsp3) is 0.632. The lowest BCUT2D eigenvalue weighted by Crippen LogP contribution is -2.51. The molecule has 0 radical (unpaired) electrons. The van der Waals surface area contributed by atoms with Crippen molar-refractivity contribution in [3.8, 4) is 0 Å². The van der Waals surface area contributed by atoms with Crippen LogP contribution in [0.15, 0.2) is 30.3 Å². The van der Waals surface area contributed by atoms with Gasteiger partial charge in [-0.2, -0.15) is 0 Å². The first-order valence-corrected chi connectivity index (χ1v) is 9.13. The monoisotopic (exact) mass is 330 g/mol. The molecule has 24 heavy (non-hydrogen) atoms. The minimum atomic E-state index is -0.301. The highest BCUT2D eigenvalue weighted by Crippen LogP contribution is 2.36. The maximum atomic E-state index is 12.5. The van der Waals surface area contributed by atoms with Crippen LogP contribution in [0.25, 0.3) is 0 Å². The molecule has 5 heteroatoms. The zero-order valence-corrected chi connectivity index (χ0v) is 14.1. The summed E-state index contributed by atoms with van der Waals surface area (Å²) >= 11 is 0. The first kappa shape index (κ1) is 16.1. The number of hydrogen-bond acceptors (Lipinski definition) is 4. The number of carbonyl (C=O) groups excluding carboxylic acids is 1. The second-order valence-corrected chi connectivity index (χ2v) is 7.12. The highest BCUT2D eigenvalue weighted by molar-refractivity contribution is 5.94. The summed E-state index contributed by atoms with van der Waals surface area (Å²) in [7, 11) is 0. The molecule has 1 spiro atoms. The Morgan fingerprint density at radius 2 is 1.71 bits per heavy atom. The third-order valence-electron chi connectivity index (χ3n) is 5.52. The van der Waals surface area contributed by atoms with E-state index in [1.165, 1.54) is 0 Å². The van der Waals surface area contributed by atoms with Gasteiger partial charge in [0.2, 0.25) is 5.91 Å². The van der Waals surface area contributed by atoms with E-state index < -0.39 is 0 Å². The topological polar surface area (TPSA) is 50.8 Å². The Morgan fingerprint density at radius 3 is 2.38 bits per heavy atom. The number of hydrogen-bond donors (Lipinski definition) is 1. The Hall–Kier alpha value is -1.43. The molecular weight excluding hydrogens is 304 g/mol. The molecule has 1 aromatic rings. The fourth-order valence-corrected chi connectivity index (χ4v) is 4.20. The van der Waals surface area contributed by atoms with E-state index in [4.69, 9.17) is 9.47 Å². The van der Waals surface area contributed by atoms with Crippen molar-refractivity contribution in [2.24, 2.45) is 0 Å².